The predicted molar refractivity (Wildman–Crippen MR) is 90.4 cm³/mol. The molecule has 7 heteroatoms. The fourth-order valence-corrected chi connectivity index (χ4v) is 3.47. The Morgan fingerprint density at radius 2 is 2.14 bits per heavy atom. The number of benzene rings is 1. The Hall–Kier alpha value is -1.99. The summed E-state index contributed by atoms with van der Waals surface area (Å²) in [6.45, 7) is 2.01. The molecule has 0 saturated carbocycles. The number of aromatic nitrogens is 3. The number of anilines is 1. The van der Waals surface area contributed by atoms with E-state index in [0.29, 0.717) is 10.9 Å². The Morgan fingerprint density at radius 3 is 2.95 bits per heavy atom. The molecule has 0 aliphatic rings. The number of thioether (sulfide) groups is 1. The third-order valence-corrected chi connectivity index (χ3v) is 5.00. The lowest BCUT2D eigenvalue weighted by Gasteiger charge is -2.05. The van der Waals surface area contributed by atoms with Crippen LogP contribution in [0.4, 0.5) is 5.13 Å². The number of amides is 1. The van der Waals surface area contributed by atoms with Crippen LogP contribution in [0.15, 0.2) is 41.4 Å². The molecule has 1 aromatic carbocycles. The zero-order valence-corrected chi connectivity index (χ0v) is 13.6. The van der Waals surface area contributed by atoms with Gasteiger partial charge in [-0.1, -0.05) is 36.5 Å². The van der Waals surface area contributed by atoms with Crippen molar-refractivity contribution in [1.82, 2.24) is 15.2 Å². The van der Waals surface area contributed by atoms with E-state index in [2.05, 4.69) is 20.5 Å². The monoisotopic (exact) mass is 330 g/mol. The molecule has 5 nitrogen and oxygen atoms in total. The second kappa shape index (κ2) is 6.85. The van der Waals surface area contributed by atoms with Gasteiger partial charge in [-0.2, -0.15) is 0 Å². The predicted octanol–water partition coefficient (Wildman–Crippen LogP) is 3.38. The van der Waals surface area contributed by atoms with Gasteiger partial charge in [-0.25, -0.2) is 0 Å². The molecule has 0 aliphatic carbocycles. The fraction of sp³-hybridized carbons (Fsp3) is 0.200. The molecule has 2 heterocycles. The summed E-state index contributed by atoms with van der Waals surface area (Å²) in [5, 5.41) is 13.3. The van der Waals surface area contributed by atoms with Crippen molar-refractivity contribution >= 4 is 45.0 Å². The Morgan fingerprint density at radius 1 is 1.27 bits per heavy atom. The Kier molecular flexibility index (Phi) is 4.65. The van der Waals surface area contributed by atoms with E-state index < -0.39 is 0 Å². The third-order valence-electron chi connectivity index (χ3n) is 2.97. The number of nitrogens with one attached hydrogen (secondary N) is 1. The van der Waals surface area contributed by atoms with Crippen molar-refractivity contribution in [2.24, 2.45) is 0 Å². The summed E-state index contributed by atoms with van der Waals surface area (Å²) in [4.78, 5) is 17.4. The van der Waals surface area contributed by atoms with Crippen LogP contribution in [0, 0.1) is 0 Å². The summed E-state index contributed by atoms with van der Waals surface area (Å²) < 4.78 is 0. The van der Waals surface area contributed by atoms with E-state index in [1.165, 1.54) is 23.1 Å². The molecule has 0 saturated heterocycles. The molecule has 0 aliphatic heterocycles. The highest BCUT2D eigenvalue weighted by molar-refractivity contribution is 8.00. The molecule has 0 unspecified atom stereocenters. The van der Waals surface area contributed by atoms with Gasteiger partial charge in [-0.15, -0.1) is 22.0 Å². The van der Waals surface area contributed by atoms with Crippen molar-refractivity contribution in [3.05, 3.63) is 41.5 Å². The van der Waals surface area contributed by atoms with Crippen LogP contribution in [0.2, 0.25) is 0 Å². The van der Waals surface area contributed by atoms with Gasteiger partial charge in [-0.3, -0.25) is 15.1 Å². The van der Waals surface area contributed by atoms with Gasteiger partial charge in [0, 0.05) is 16.5 Å². The number of para-hydroxylation sites is 1. The Labute approximate surface area is 136 Å². The first kappa shape index (κ1) is 14.9. The van der Waals surface area contributed by atoms with E-state index in [4.69, 9.17) is 0 Å². The van der Waals surface area contributed by atoms with Crippen molar-refractivity contribution < 1.29 is 4.79 Å². The zero-order chi connectivity index (χ0) is 15.4. The van der Waals surface area contributed by atoms with Gasteiger partial charge in [0.2, 0.25) is 11.0 Å². The van der Waals surface area contributed by atoms with Gasteiger partial charge < -0.3 is 0 Å². The Bertz CT molecular complexity index is 798. The maximum absolute atomic E-state index is 12.0. The number of fused-ring (bicyclic) bond motifs is 1. The van der Waals surface area contributed by atoms with E-state index in [1.54, 1.807) is 6.20 Å². The number of carbonyl (C=O) groups excluding carboxylic acids is 1. The summed E-state index contributed by atoms with van der Waals surface area (Å²) in [6.07, 6.45) is 2.59. The second-order valence-electron chi connectivity index (χ2n) is 4.52. The van der Waals surface area contributed by atoms with Gasteiger partial charge in [0.1, 0.15) is 5.01 Å². The standard InChI is InChI=1S/C15H14N4OS2/c1-2-13-18-19-15(22-13)17-12(20)9-21-11-7-3-5-10-6-4-8-16-14(10)11/h3-8H,2,9H2,1H3,(H,17,19,20). The quantitative estimate of drug-likeness (QED) is 0.726. The van der Waals surface area contributed by atoms with Crippen LogP contribution >= 0.6 is 23.1 Å². The Balaban J connectivity index is 1.65. The molecular weight excluding hydrogens is 316 g/mol. The zero-order valence-electron chi connectivity index (χ0n) is 11.9. The molecule has 2 aromatic heterocycles. The van der Waals surface area contributed by atoms with E-state index in [9.17, 15) is 4.79 Å². The number of hydrogen-bond donors (Lipinski definition) is 1. The lowest BCUT2D eigenvalue weighted by molar-refractivity contribution is -0.113. The van der Waals surface area contributed by atoms with Gasteiger partial charge in [0.25, 0.3) is 0 Å². The molecule has 22 heavy (non-hydrogen) atoms. The maximum Gasteiger partial charge on any atom is 0.236 e. The van der Waals surface area contributed by atoms with Crippen molar-refractivity contribution in [3.63, 3.8) is 0 Å². The minimum Gasteiger partial charge on any atom is -0.300 e. The number of rotatable bonds is 5. The number of nitrogens with zero attached hydrogens (tertiary/aromatic N) is 3. The van der Waals surface area contributed by atoms with Gasteiger partial charge in [0.15, 0.2) is 0 Å². The molecule has 0 radical (unpaired) electrons. The first-order chi connectivity index (χ1) is 10.8. The molecular formula is C15H14N4OS2. The van der Waals surface area contributed by atoms with Gasteiger partial charge in [0.05, 0.1) is 11.3 Å². The van der Waals surface area contributed by atoms with Crippen LogP contribution in [0.25, 0.3) is 10.9 Å². The van der Waals surface area contributed by atoms with E-state index >= 15 is 0 Å². The molecule has 3 aromatic rings. The average molecular weight is 330 g/mol. The molecule has 0 fully saturated rings. The van der Waals surface area contributed by atoms with Crippen LogP contribution < -0.4 is 5.32 Å². The fourth-order valence-electron chi connectivity index (χ4n) is 1.94. The topological polar surface area (TPSA) is 67.8 Å². The lowest BCUT2D eigenvalue weighted by atomic mass is 10.2. The maximum atomic E-state index is 12.0. The molecule has 0 spiro atoms. The van der Waals surface area contributed by atoms with Gasteiger partial charge in [-0.05, 0) is 18.6 Å². The number of carbonyl (C=O) groups is 1. The van der Waals surface area contributed by atoms with Crippen LogP contribution in [0.1, 0.15) is 11.9 Å². The summed E-state index contributed by atoms with van der Waals surface area (Å²) >= 11 is 2.88. The number of pyridine rings is 1. The highest BCUT2D eigenvalue weighted by Gasteiger charge is 2.09. The molecule has 0 atom stereocenters. The molecule has 1 N–H and O–H groups in total. The van der Waals surface area contributed by atoms with E-state index in [1.807, 2.05) is 37.3 Å². The minimum atomic E-state index is -0.0864. The number of hydrogen-bond acceptors (Lipinski definition) is 6. The summed E-state index contributed by atoms with van der Waals surface area (Å²) in [5.41, 5.74) is 0.923. The highest BCUT2D eigenvalue weighted by atomic mass is 32.2. The second-order valence-corrected chi connectivity index (χ2v) is 6.60. The average Bonchev–Trinajstić information content (AvgIpc) is 3.00. The molecule has 112 valence electrons. The van der Waals surface area contributed by atoms with Crippen molar-refractivity contribution in [1.29, 1.82) is 0 Å². The summed E-state index contributed by atoms with van der Waals surface area (Å²) in [7, 11) is 0. The van der Waals surface area contributed by atoms with E-state index in [0.717, 1.165) is 27.2 Å². The SMILES string of the molecule is CCc1nnc(NC(=O)CSc2cccc3cccnc23)s1. The molecule has 3 rings (SSSR count). The van der Waals surface area contributed by atoms with Crippen LogP contribution in [-0.2, 0) is 11.2 Å². The normalized spacial score (nSPS) is 10.8. The third kappa shape index (κ3) is 3.42. The molecule has 0 bridgehead atoms. The van der Waals surface area contributed by atoms with Crippen molar-refractivity contribution in [3.8, 4) is 0 Å². The minimum absolute atomic E-state index is 0.0864. The molecule has 1 amide bonds. The smallest absolute Gasteiger partial charge is 0.236 e. The van der Waals surface area contributed by atoms with Crippen molar-refractivity contribution in [2.45, 2.75) is 18.2 Å². The summed E-state index contributed by atoms with van der Waals surface area (Å²) in [5.74, 6) is 0.230. The van der Waals surface area contributed by atoms with Crippen LogP contribution in [-0.4, -0.2) is 26.8 Å². The lowest BCUT2D eigenvalue weighted by Crippen LogP contribution is -2.13. The first-order valence-corrected chi connectivity index (χ1v) is 8.65. The van der Waals surface area contributed by atoms with E-state index in [-0.39, 0.29) is 5.91 Å². The van der Waals surface area contributed by atoms with Crippen LogP contribution in [0.3, 0.4) is 0 Å². The van der Waals surface area contributed by atoms with Crippen molar-refractivity contribution in [2.75, 3.05) is 11.1 Å². The largest absolute Gasteiger partial charge is 0.300 e. The number of aryl methyl sites for hydroxylation is 1. The van der Waals surface area contributed by atoms with Gasteiger partial charge >= 0.3 is 0 Å². The first-order valence-electron chi connectivity index (χ1n) is 6.85. The highest BCUT2D eigenvalue weighted by Crippen LogP contribution is 2.26. The summed E-state index contributed by atoms with van der Waals surface area (Å²) in [6, 6.07) is 9.89. The van der Waals surface area contributed by atoms with Crippen LogP contribution in [0.5, 0.6) is 0 Å².